The highest BCUT2D eigenvalue weighted by Crippen LogP contribution is 2.28. The first kappa shape index (κ1) is 18.9. The first-order valence-electron chi connectivity index (χ1n) is 9.87. The summed E-state index contributed by atoms with van der Waals surface area (Å²) in [5.74, 6) is -1.17. The molecule has 1 heterocycles. The predicted molar refractivity (Wildman–Crippen MR) is 111 cm³/mol. The van der Waals surface area contributed by atoms with Crippen LogP contribution in [-0.2, 0) is 30.5 Å². The molecule has 0 fully saturated rings. The number of carbonyl (C=O) groups is 2. The van der Waals surface area contributed by atoms with Crippen molar-refractivity contribution in [1.29, 1.82) is 0 Å². The molecule has 0 saturated carbocycles. The molecule has 148 valence electrons. The number of amides is 1. The van der Waals surface area contributed by atoms with Gasteiger partial charge in [-0.3, -0.25) is 9.59 Å². The molecule has 6 nitrogen and oxygen atoms in total. The highest BCUT2D eigenvalue weighted by atomic mass is 16.4. The van der Waals surface area contributed by atoms with Crippen LogP contribution in [0.15, 0.2) is 48.5 Å². The second-order valence-electron chi connectivity index (χ2n) is 7.28. The van der Waals surface area contributed by atoms with Crippen molar-refractivity contribution in [2.75, 3.05) is 5.32 Å². The van der Waals surface area contributed by atoms with Gasteiger partial charge in [0.2, 0.25) is 0 Å². The summed E-state index contributed by atoms with van der Waals surface area (Å²) in [5.41, 5.74) is 5.98. The van der Waals surface area contributed by atoms with Gasteiger partial charge in [0.15, 0.2) is 5.69 Å². The van der Waals surface area contributed by atoms with E-state index in [0.29, 0.717) is 16.9 Å². The van der Waals surface area contributed by atoms with Crippen LogP contribution in [0.25, 0.3) is 5.69 Å². The van der Waals surface area contributed by atoms with E-state index in [9.17, 15) is 9.59 Å². The van der Waals surface area contributed by atoms with Crippen molar-refractivity contribution in [2.45, 2.75) is 39.0 Å². The van der Waals surface area contributed by atoms with Crippen LogP contribution in [-0.4, -0.2) is 26.8 Å². The molecule has 1 aliphatic carbocycles. The van der Waals surface area contributed by atoms with Crippen molar-refractivity contribution in [3.8, 4) is 5.69 Å². The number of benzene rings is 2. The van der Waals surface area contributed by atoms with Gasteiger partial charge in [0.25, 0.3) is 5.91 Å². The second kappa shape index (κ2) is 7.91. The van der Waals surface area contributed by atoms with Gasteiger partial charge >= 0.3 is 5.97 Å². The fourth-order valence-corrected chi connectivity index (χ4v) is 3.83. The number of anilines is 1. The van der Waals surface area contributed by atoms with Crippen LogP contribution in [0.3, 0.4) is 0 Å². The number of nitrogens with zero attached hydrogens (tertiary/aromatic N) is 2. The molecule has 3 aromatic rings. The third-order valence-corrected chi connectivity index (χ3v) is 5.27. The van der Waals surface area contributed by atoms with Gasteiger partial charge in [-0.1, -0.05) is 31.2 Å². The molecule has 0 atom stereocenters. The summed E-state index contributed by atoms with van der Waals surface area (Å²) in [5, 5.41) is 16.5. The van der Waals surface area contributed by atoms with Gasteiger partial charge in [0.1, 0.15) is 0 Å². The average molecular weight is 389 g/mol. The van der Waals surface area contributed by atoms with Crippen molar-refractivity contribution in [2.24, 2.45) is 0 Å². The molecule has 0 radical (unpaired) electrons. The van der Waals surface area contributed by atoms with E-state index in [4.69, 9.17) is 5.11 Å². The Hall–Kier alpha value is -3.41. The minimum absolute atomic E-state index is 0.0819. The number of aryl methyl sites for hydroxylation is 1. The summed E-state index contributed by atoms with van der Waals surface area (Å²) in [4.78, 5) is 23.9. The molecule has 1 aliphatic rings. The number of nitrogens with one attached hydrogen (secondary N) is 1. The quantitative estimate of drug-likeness (QED) is 0.672. The van der Waals surface area contributed by atoms with Crippen molar-refractivity contribution < 1.29 is 14.7 Å². The van der Waals surface area contributed by atoms with Crippen LogP contribution >= 0.6 is 0 Å². The van der Waals surface area contributed by atoms with Gasteiger partial charge in [0, 0.05) is 16.9 Å². The van der Waals surface area contributed by atoms with Gasteiger partial charge in [0.05, 0.1) is 12.1 Å². The standard InChI is InChI=1S/C23H23N3O3/c1-2-15-9-11-18(12-10-15)26-20-8-4-7-19(20)22(25-26)23(29)24-17-6-3-5-16(13-17)14-21(27)28/h3,5-6,9-13H,2,4,7-8,14H2,1H3,(H,24,29)(H,27,28). The molecule has 0 aliphatic heterocycles. The van der Waals surface area contributed by atoms with Crippen molar-refractivity contribution in [1.82, 2.24) is 9.78 Å². The van der Waals surface area contributed by atoms with Crippen LogP contribution in [0.4, 0.5) is 5.69 Å². The maximum atomic E-state index is 12.9. The molecule has 29 heavy (non-hydrogen) atoms. The third-order valence-electron chi connectivity index (χ3n) is 5.27. The summed E-state index contributed by atoms with van der Waals surface area (Å²) >= 11 is 0. The number of carbonyl (C=O) groups excluding carboxylic acids is 1. The van der Waals surface area contributed by atoms with E-state index in [0.717, 1.165) is 42.6 Å². The van der Waals surface area contributed by atoms with Gasteiger partial charge < -0.3 is 10.4 Å². The lowest BCUT2D eigenvalue weighted by Crippen LogP contribution is -2.15. The molecule has 2 aromatic carbocycles. The molecule has 1 amide bonds. The third kappa shape index (κ3) is 3.92. The minimum atomic E-state index is -0.904. The van der Waals surface area contributed by atoms with Gasteiger partial charge in [-0.05, 0) is 61.1 Å². The minimum Gasteiger partial charge on any atom is -0.481 e. The molecular formula is C23H23N3O3. The SMILES string of the molecule is CCc1ccc(-n2nc(C(=O)Nc3cccc(CC(=O)O)c3)c3c2CCC3)cc1. The molecule has 0 saturated heterocycles. The molecule has 4 rings (SSSR count). The lowest BCUT2D eigenvalue weighted by atomic mass is 10.1. The fourth-order valence-electron chi connectivity index (χ4n) is 3.83. The molecular weight excluding hydrogens is 366 g/mol. The predicted octanol–water partition coefficient (Wildman–Crippen LogP) is 3.80. The Balaban J connectivity index is 1.62. The van der Waals surface area contributed by atoms with Crippen LogP contribution in [0.5, 0.6) is 0 Å². The van der Waals surface area contributed by atoms with Gasteiger partial charge in [-0.2, -0.15) is 5.10 Å². The molecule has 1 aromatic heterocycles. The topological polar surface area (TPSA) is 84.2 Å². The maximum Gasteiger partial charge on any atom is 0.307 e. The Bertz CT molecular complexity index is 1070. The number of fused-ring (bicyclic) bond motifs is 1. The summed E-state index contributed by atoms with van der Waals surface area (Å²) < 4.78 is 1.89. The molecule has 0 spiro atoms. The fraction of sp³-hybridized carbons (Fsp3) is 0.261. The number of aromatic nitrogens is 2. The monoisotopic (exact) mass is 389 g/mol. The number of aliphatic carboxylic acids is 1. The average Bonchev–Trinajstić information content (AvgIpc) is 3.30. The Labute approximate surface area is 169 Å². The van der Waals surface area contributed by atoms with Crippen molar-refractivity contribution >= 4 is 17.6 Å². The van der Waals surface area contributed by atoms with E-state index < -0.39 is 5.97 Å². The number of rotatable bonds is 6. The smallest absolute Gasteiger partial charge is 0.307 e. The maximum absolute atomic E-state index is 12.9. The summed E-state index contributed by atoms with van der Waals surface area (Å²) in [7, 11) is 0. The first-order valence-corrected chi connectivity index (χ1v) is 9.87. The van der Waals surface area contributed by atoms with Crippen LogP contribution in [0.1, 0.15) is 46.2 Å². The second-order valence-corrected chi connectivity index (χ2v) is 7.28. The van der Waals surface area contributed by atoms with E-state index in [2.05, 4.69) is 29.5 Å². The summed E-state index contributed by atoms with van der Waals surface area (Å²) in [6.45, 7) is 2.12. The first-order chi connectivity index (χ1) is 14.0. The van der Waals surface area contributed by atoms with E-state index >= 15 is 0 Å². The Morgan fingerprint density at radius 1 is 1.10 bits per heavy atom. The van der Waals surface area contributed by atoms with E-state index in [-0.39, 0.29) is 12.3 Å². The van der Waals surface area contributed by atoms with E-state index in [1.165, 1.54) is 5.56 Å². The number of carboxylic acid groups (broad SMARTS) is 1. The summed E-state index contributed by atoms with van der Waals surface area (Å²) in [6, 6.07) is 15.2. The lowest BCUT2D eigenvalue weighted by molar-refractivity contribution is -0.136. The van der Waals surface area contributed by atoms with Crippen molar-refractivity contribution in [3.63, 3.8) is 0 Å². The van der Waals surface area contributed by atoms with Crippen molar-refractivity contribution in [3.05, 3.63) is 76.6 Å². The highest BCUT2D eigenvalue weighted by molar-refractivity contribution is 6.04. The molecule has 0 bridgehead atoms. The largest absolute Gasteiger partial charge is 0.481 e. The Morgan fingerprint density at radius 3 is 2.62 bits per heavy atom. The zero-order valence-electron chi connectivity index (χ0n) is 16.3. The van der Waals surface area contributed by atoms with Crippen LogP contribution in [0.2, 0.25) is 0 Å². The summed E-state index contributed by atoms with van der Waals surface area (Å²) in [6.07, 6.45) is 3.64. The van der Waals surface area contributed by atoms with Gasteiger partial charge in [-0.25, -0.2) is 4.68 Å². The number of hydrogen-bond donors (Lipinski definition) is 2. The molecule has 6 heteroatoms. The van der Waals surface area contributed by atoms with Crippen LogP contribution < -0.4 is 5.32 Å². The van der Waals surface area contributed by atoms with Gasteiger partial charge in [-0.15, -0.1) is 0 Å². The normalized spacial score (nSPS) is 12.6. The highest BCUT2D eigenvalue weighted by Gasteiger charge is 2.27. The Morgan fingerprint density at radius 2 is 1.90 bits per heavy atom. The van der Waals surface area contributed by atoms with E-state index in [1.54, 1.807) is 24.3 Å². The Kier molecular flexibility index (Phi) is 5.16. The molecule has 2 N–H and O–H groups in total. The molecule has 0 unspecified atom stereocenters. The zero-order valence-corrected chi connectivity index (χ0v) is 16.3. The van der Waals surface area contributed by atoms with E-state index in [1.807, 2.05) is 16.8 Å². The number of hydrogen-bond acceptors (Lipinski definition) is 3. The lowest BCUT2D eigenvalue weighted by Gasteiger charge is -2.07. The number of carboxylic acids is 1. The zero-order chi connectivity index (χ0) is 20.4. The van der Waals surface area contributed by atoms with Crippen LogP contribution in [0, 0.1) is 0 Å².